The van der Waals surface area contributed by atoms with Crippen LogP contribution >= 0.6 is 0 Å². The molecule has 0 amide bonds. The molecule has 1 aromatic carbocycles. The van der Waals surface area contributed by atoms with E-state index in [1.807, 2.05) is 12.1 Å². The van der Waals surface area contributed by atoms with Crippen LogP contribution in [0.4, 0.5) is 8.78 Å². The molecule has 2 heteroatoms. The quantitative estimate of drug-likeness (QED) is 0.167. The lowest BCUT2D eigenvalue weighted by molar-refractivity contribution is 0.218. The van der Waals surface area contributed by atoms with Gasteiger partial charge in [-0.1, -0.05) is 147 Å². The van der Waals surface area contributed by atoms with E-state index in [4.69, 9.17) is 0 Å². The van der Waals surface area contributed by atoms with Crippen LogP contribution in [0.15, 0.2) is 30.4 Å². The summed E-state index contributed by atoms with van der Waals surface area (Å²) in [4.78, 5) is 0. The SMILES string of the molecule is CCCCCCCCCCc1ccc(C2=CCC(C3CCC(CCCCCCCC)CC3)C=C2)c(F)c1F. The van der Waals surface area contributed by atoms with E-state index < -0.39 is 11.6 Å². The summed E-state index contributed by atoms with van der Waals surface area (Å²) < 4.78 is 29.9. The minimum atomic E-state index is -0.661. The lowest BCUT2D eigenvalue weighted by Crippen LogP contribution is -2.21. The molecule has 1 fully saturated rings. The van der Waals surface area contributed by atoms with E-state index in [9.17, 15) is 4.39 Å². The van der Waals surface area contributed by atoms with Crippen LogP contribution in [-0.4, -0.2) is 0 Å². The van der Waals surface area contributed by atoms with Gasteiger partial charge in [-0.05, 0) is 61.0 Å². The monoisotopic (exact) mass is 526 g/mol. The molecule has 0 spiro atoms. The predicted molar refractivity (Wildman–Crippen MR) is 161 cm³/mol. The standard InChI is InChI=1S/C36H56F2/c1-3-5-7-9-11-12-14-16-18-33-27-28-34(36(38)35(33)37)32-25-23-31(24-26-32)30-21-19-29(20-22-30)17-15-13-10-8-6-4-2/h23,25-31H,3-22,24H2,1-2H3. The Labute approximate surface area is 233 Å². The van der Waals surface area contributed by atoms with Crippen molar-refractivity contribution in [2.24, 2.45) is 17.8 Å². The van der Waals surface area contributed by atoms with Gasteiger partial charge in [-0.25, -0.2) is 8.78 Å². The van der Waals surface area contributed by atoms with Gasteiger partial charge in [0.2, 0.25) is 0 Å². The van der Waals surface area contributed by atoms with Crippen LogP contribution in [0.3, 0.4) is 0 Å². The first-order valence-corrected chi connectivity index (χ1v) is 16.5. The average Bonchev–Trinajstić information content (AvgIpc) is 2.95. The van der Waals surface area contributed by atoms with Crippen molar-refractivity contribution in [1.29, 1.82) is 0 Å². The summed E-state index contributed by atoms with van der Waals surface area (Å²) in [5.74, 6) is 0.943. The second-order valence-corrected chi connectivity index (χ2v) is 12.4. The largest absolute Gasteiger partial charge is 0.203 e. The highest BCUT2D eigenvalue weighted by Crippen LogP contribution is 2.40. The van der Waals surface area contributed by atoms with Crippen LogP contribution in [0.2, 0.25) is 0 Å². The zero-order valence-corrected chi connectivity index (χ0v) is 24.7. The van der Waals surface area contributed by atoms with Crippen molar-refractivity contribution in [3.8, 4) is 0 Å². The van der Waals surface area contributed by atoms with Crippen molar-refractivity contribution in [3.63, 3.8) is 0 Å². The Balaban J connectivity index is 1.38. The second-order valence-electron chi connectivity index (χ2n) is 12.4. The summed E-state index contributed by atoms with van der Waals surface area (Å²) in [6.07, 6.45) is 33.0. The molecule has 0 N–H and O–H groups in total. The summed E-state index contributed by atoms with van der Waals surface area (Å²) in [7, 11) is 0. The van der Waals surface area contributed by atoms with Gasteiger partial charge >= 0.3 is 0 Å². The summed E-state index contributed by atoms with van der Waals surface area (Å²) >= 11 is 0. The highest BCUT2D eigenvalue weighted by Gasteiger charge is 2.27. The van der Waals surface area contributed by atoms with E-state index in [0.717, 1.165) is 36.7 Å². The molecule has 0 heterocycles. The molecule has 0 aliphatic heterocycles. The number of hydrogen-bond donors (Lipinski definition) is 0. The first-order valence-electron chi connectivity index (χ1n) is 16.5. The molecule has 0 aromatic heterocycles. The Hall–Kier alpha value is -1.44. The Morgan fingerprint density at radius 1 is 0.684 bits per heavy atom. The molecule has 214 valence electrons. The average molecular weight is 527 g/mol. The number of hydrogen-bond acceptors (Lipinski definition) is 0. The Kier molecular flexibility index (Phi) is 14.7. The van der Waals surface area contributed by atoms with Gasteiger partial charge in [-0.3, -0.25) is 0 Å². The maximum Gasteiger partial charge on any atom is 0.166 e. The van der Waals surface area contributed by atoms with E-state index >= 15 is 4.39 Å². The molecule has 1 atom stereocenters. The van der Waals surface area contributed by atoms with E-state index in [1.54, 1.807) is 0 Å². The van der Waals surface area contributed by atoms with Crippen LogP contribution in [0, 0.1) is 29.4 Å². The molecule has 0 bridgehead atoms. The van der Waals surface area contributed by atoms with Gasteiger partial charge < -0.3 is 0 Å². The maximum absolute atomic E-state index is 15.0. The summed E-state index contributed by atoms with van der Waals surface area (Å²) in [5.41, 5.74) is 1.82. The van der Waals surface area contributed by atoms with Gasteiger partial charge in [0.1, 0.15) is 0 Å². The highest BCUT2D eigenvalue weighted by atomic mass is 19.2. The highest BCUT2D eigenvalue weighted by molar-refractivity contribution is 5.75. The molecular weight excluding hydrogens is 470 g/mol. The Bertz CT molecular complexity index is 843. The van der Waals surface area contributed by atoms with E-state index in [-0.39, 0.29) is 0 Å². The first kappa shape index (κ1) is 31.1. The number of allylic oxidation sites excluding steroid dienone is 4. The maximum atomic E-state index is 15.0. The number of benzene rings is 1. The van der Waals surface area contributed by atoms with Crippen LogP contribution in [0.5, 0.6) is 0 Å². The lowest BCUT2D eigenvalue weighted by Gasteiger charge is -2.33. The lowest BCUT2D eigenvalue weighted by atomic mass is 9.72. The topological polar surface area (TPSA) is 0 Å². The number of aryl methyl sites for hydroxylation is 1. The molecule has 3 rings (SSSR count). The van der Waals surface area contributed by atoms with Crippen LogP contribution in [-0.2, 0) is 6.42 Å². The van der Waals surface area contributed by atoms with Gasteiger partial charge in [0.15, 0.2) is 11.6 Å². The second kappa shape index (κ2) is 18.0. The zero-order chi connectivity index (χ0) is 27.0. The fourth-order valence-electron chi connectivity index (χ4n) is 6.76. The Morgan fingerprint density at radius 3 is 1.89 bits per heavy atom. The molecule has 1 aromatic rings. The van der Waals surface area contributed by atoms with E-state index in [1.165, 1.54) is 109 Å². The van der Waals surface area contributed by atoms with Gasteiger partial charge in [0, 0.05) is 5.56 Å². The smallest absolute Gasteiger partial charge is 0.166 e. The number of halogens is 2. The number of unbranched alkanes of at least 4 members (excludes halogenated alkanes) is 12. The fourth-order valence-corrected chi connectivity index (χ4v) is 6.76. The van der Waals surface area contributed by atoms with Gasteiger partial charge in [-0.15, -0.1) is 0 Å². The fraction of sp³-hybridized carbons (Fsp3) is 0.722. The summed E-state index contributed by atoms with van der Waals surface area (Å²) in [5, 5.41) is 0. The van der Waals surface area contributed by atoms with Crippen molar-refractivity contribution >= 4 is 5.57 Å². The molecule has 0 radical (unpaired) electrons. The van der Waals surface area contributed by atoms with E-state index in [2.05, 4.69) is 32.1 Å². The molecule has 0 saturated heterocycles. The van der Waals surface area contributed by atoms with Gasteiger partial charge in [0.25, 0.3) is 0 Å². The zero-order valence-electron chi connectivity index (χ0n) is 24.7. The van der Waals surface area contributed by atoms with Crippen molar-refractivity contribution in [2.75, 3.05) is 0 Å². The van der Waals surface area contributed by atoms with Gasteiger partial charge in [0.05, 0.1) is 0 Å². The van der Waals surface area contributed by atoms with Crippen molar-refractivity contribution in [2.45, 2.75) is 149 Å². The Morgan fingerprint density at radius 2 is 1.29 bits per heavy atom. The molecule has 2 aliphatic rings. The van der Waals surface area contributed by atoms with Crippen molar-refractivity contribution in [1.82, 2.24) is 0 Å². The molecule has 1 saturated carbocycles. The van der Waals surface area contributed by atoms with Crippen molar-refractivity contribution in [3.05, 3.63) is 53.1 Å². The third kappa shape index (κ3) is 10.3. The molecule has 38 heavy (non-hydrogen) atoms. The van der Waals surface area contributed by atoms with E-state index in [0.29, 0.717) is 23.5 Å². The van der Waals surface area contributed by atoms with Crippen LogP contribution < -0.4 is 0 Å². The predicted octanol–water partition coefficient (Wildman–Crippen LogP) is 12.2. The third-order valence-corrected chi connectivity index (χ3v) is 9.37. The molecule has 2 aliphatic carbocycles. The minimum absolute atomic E-state index is 0.430. The molecule has 0 nitrogen and oxygen atoms in total. The summed E-state index contributed by atoms with van der Waals surface area (Å²) in [6, 6.07) is 3.63. The van der Waals surface area contributed by atoms with Gasteiger partial charge in [-0.2, -0.15) is 0 Å². The normalized spacial score (nSPS) is 21.6. The number of rotatable bonds is 18. The minimum Gasteiger partial charge on any atom is -0.203 e. The molecule has 1 unspecified atom stereocenters. The third-order valence-electron chi connectivity index (χ3n) is 9.37. The first-order chi connectivity index (χ1) is 18.6. The summed E-state index contributed by atoms with van der Waals surface area (Å²) in [6.45, 7) is 4.52. The van der Waals surface area contributed by atoms with Crippen molar-refractivity contribution < 1.29 is 8.78 Å². The van der Waals surface area contributed by atoms with Crippen LogP contribution in [0.25, 0.3) is 5.57 Å². The molecular formula is C36H56F2. The van der Waals surface area contributed by atoms with Crippen LogP contribution in [0.1, 0.15) is 153 Å².